The number of ether oxygens (including phenoxy) is 1. The first kappa shape index (κ1) is 13.7. The van der Waals surface area contributed by atoms with Crippen molar-refractivity contribution in [3.05, 3.63) is 60.1 Å². The van der Waals surface area contributed by atoms with Gasteiger partial charge < -0.3 is 14.0 Å². The highest BCUT2D eigenvalue weighted by molar-refractivity contribution is 5.74. The largest absolute Gasteiger partial charge is 0.469 e. The molecular weight excluding hydrogens is 262 g/mol. The van der Waals surface area contributed by atoms with Gasteiger partial charge in [-0.3, -0.25) is 0 Å². The number of rotatable bonds is 4. The standard InChI is InChI=1S/C14H13NO5/c16-13(9-12-7-4-8-18-12)20-15-14(17)19-10-11-5-2-1-3-6-11/h1-8H,9-10H2,(H,15,17). The van der Waals surface area contributed by atoms with Crippen molar-refractivity contribution in [1.82, 2.24) is 5.48 Å². The molecule has 1 aromatic heterocycles. The summed E-state index contributed by atoms with van der Waals surface area (Å²) in [6.07, 6.45) is 0.553. The van der Waals surface area contributed by atoms with Crippen LogP contribution in [-0.2, 0) is 27.4 Å². The Morgan fingerprint density at radius 1 is 1.10 bits per heavy atom. The summed E-state index contributed by atoms with van der Waals surface area (Å²) >= 11 is 0. The molecule has 6 heteroatoms. The van der Waals surface area contributed by atoms with Crippen LogP contribution in [0, 0.1) is 0 Å². The third kappa shape index (κ3) is 4.49. The summed E-state index contributed by atoms with van der Waals surface area (Å²) < 4.78 is 9.83. The summed E-state index contributed by atoms with van der Waals surface area (Å²) in [5.74, 6) is -0.189. The second-order valence-corrected chi connectivity index (χ2v) is 3.89. The average molecular weight is 275 g/mol. The van der Waals surface area contributed by atoms with Gasteiger partial charge in [-0.25, -0.2) is 9.59 Å². The van der Waals surface area contributed by atoms with Crippen LogP contribution in [0.5, 0.6) is 0 Å². The molecule has 20 heavy (non-hydrogen) atoms. The van der Waals surface area contributed by atoms with Crippen LogP contribution >= 0.6 is 0 Å². The number of benzene rings is 1. The maximum atomic E-state index is 11.3. The van der Waals surface area contributed by atoms with Gasteiger partial charge in [0.1, 0.15) is 18.8 Å². The Hall–Kier alpha value is -2.76. The number of furan rings is 1. The van der Waals surface area contributed by atoms with Gasteiger partial charge in [-0.05, 0) is 17.7 Å². The maximum absolute atomic E-state index is 11.3. The second-order valence-electron chi connectivity index (χ2n) is 3.89. The summed E-state index contributed by atoms with van der Waals surface area (Å²) in [5, 5.41) is 0. The van der Waals surface area contributed by atoms with Gasteiger partial charge in [-0.2, -0.15) is 0 Å². The van der Waals surface area contributed by atoms with E-state index in [9.17, 15) is 9.59 Å². The fourth-order valence-electron chi connectivity index (χ4n) is 1.44. The topological polar surface area (TPSA) is 77.8 Å². The predicted octanol–water partition coefficient (Wildman–Crippen LogP) is 2.21. The third-order valence-corrected chi connectivity index (χ3v) is 2.36. The first-order chi connectivity index (χ1) is 9.74. The number of hydroxylamine groups is 1. The Bertz CT molecular complexity index is 550. The van der Waals surface area contributed by atoms with Gasteiger partial charge >= 0.3 is 12.1 Å². The minimum atomic E-state index is -0.832. The minimum Gasteiger partial charge on any atom is -0.469 e. The molecule has 1 amide bonds. The van der Waals surface area contributed by atoms with Crippen LogP contribution in [0.15, 0.2) is 53.1 Å². The molecule has 0 aliphatic heterocycles. The maximum Gasteiger partial charge on any atom is 0.441 e. The van der Waals surface area contributed by atoms with Gasteiger partial charge in [0.05, 0.1) is 6.26 Å². The zero-order chi connectivity index (χ0) is 14.2. The lowest BCUT2D eigenvalue weighted by atomic mass is 10.2. The van der Waals surface area contributed by atoms with Crippen molar-refractivity contribution in [2.24, 2.45) is 0 Å². The monoisotopic (exact) mass is 275 g/mol. The van der Waals surface area contributed by atoms with Crippen LogP contribution < -0.4 is 5.48 Å². The van der Waals surface area contributed by atoms with E-state index in [0.29, 0.717) is 5.76 Å². The fourth-order valence-corrected chi connectivity index (χ4v) is 1.44. The lowest BCUT2D eigenvalue weighted by molar-refractivity contribution is -0.149. The molecule has 104 valence electrons. The number of carbonyl (C=O) groups is 2. The third-order valence-electron chi connectivity index (χ3n) is 2.36. The van der Waals surface area contributed by atoms with Gasteiger partial charge in [0, 0.05) is 0 Å². The molecule has 0 fully saturated rings. The SMILES string of the molecule is O=C(Cc1ccco1)ONC(=O)OCc1ccccc1. The number of hydrogen-bond acceptors (Lipinski definition) is 5. The van der Waals surface area contributed by atoms with Gasteiger partial charge in [-0.15, -0.1) is 5.48 Å². The highest BCUT2D eigenvalue weighted by Gasteiger charge is 2.10. The highest BCUT2D eigenvalue weighted by Crippen LogP contribution is 2.02. The van der Waals surface area contributed by atoms with Crippen molar-refractivity contribution in [1.29, 1.82) is 0 Å². The number of nitrogens with one attached hydrogen (secondary N) is 1. The van der Waals surface area contributed by atoms with Crippen molar-refractivity contribution in [3.8, 4) is 0 Å². The van der Waals surface area contributed by atoms with Crippen LogP contribution in [0.25, 0.3) is 0 Å². The summed E-state index contributed by atoms with van der Waals surface area (Å²) in [7, 11) is 0. The quantitative estimate of drug-likeness (QED) is 0.865. The molecule has 2 aromatic rings. The van der Waals surface area contributed by atoms with E-state index in [0.717, 1.165) is 5.56 Å². The van der Waals surface area contributed by atoms with E-state index in [1.54, 1.807) is 12.1 Å². The smallest absolute Gasteiger partial charge is 0.441 e. The van der Waals surface area contributed by atoms with Crippen LogP contribution in [0.3, 0.4) is 0 Å². The van der Waals surface area contributed by atoms with Crippen LogP contribution in [0.1, 0.15) is 11.3 Å². The predicted molar refractivity (Wildman–Crippen MR) is 68.3 cm³/mol. The van der Waals surface area contributed by atoms with E-state index in [4.69, 9.17) is 9.15 Å². The number of amides is 1. The van der Waals surface area contributed by atoms with Crippen LogP contribution in [-0.4, -0.2) is 12.1 Å². The van der Waals surface area contributed by atoms with Crippen molar-refractivity contribution >= 4 is 12.1 Å². The summed E-state index contributed by atoms with van der Waals surface area (Å²) in [6.45, 7) is 0.0996. The molecule has 0 atom stereocenters. The summed E-state index contributed by atoms with van der Waals surface area (Å²) in [6, 6.07) is 12.4. The van der Waals surface area contributed by atoms with Crippen LogP contribution in [0.4, 0.5) is 4.79 Å². The molecular formula is C14H13NO5. The van der Waals surface area contributed by atoms with E-state index >= 15 is 0 Å². The molecule has 0 saturated heterocycles. The van der Waals surface area contributed by atoms with E-state index < -0.39 is 12.1 Å². The van der Waals surface area contributed by atoms with Crippen molar-refractivity contribution in [3.63, 3.8) is 0 Å². The Balaban J connectivity index is 1.66. The summed E-state index contributed by atoms with van der Waals surface area (Å²) in [4.78, 5) is 27.2. The van der Waals surface area contributed by atoms with E-state index in [1.165, 1.54) is 6.26 Å². The number of hydrogen-bond donors (Lipinski definition) is 1. The van der Waals surface area contributed by atoms with Gasteiger partial charge in [0.15, 0.2) is 0 Å². The molecule has 0 saturated carbocycles. The zero-order valence-electron chi connectivity index (χ0n) is 10.6. The molecule has 0 radical (unpaired) electrons. The molecule has 1 aromatic carbocycles. The van der Waals surface area contributed by atoms with E-state index in [-0.39, 0.29) is 13.0 Å². The minimum absolute atomic E-state index is 0.0635. The molecule has 0 unspecified atom stereocenters. The summed E-state index contributed by atoms with van der Waals surface area (Å²) in [5.41, 5.74) is 2.75. The number of carbonyl (C=O) groups excluding carboxylic acids is 2. The zero-order valence-corrected chi connectivity index (χ0v) is 10.6. The molecule has 0 spiro atoms. The Morgan fingerprint density at radius 2 is 1.90 bits per heavy atom. The molecule has 1 N–H and O–H groups in total. The van der Waals surface area contributed by atoms with Gasteiger partial charge in [0.25, 0.3) is 0 Å². The van der Waals surface area contributed by atoms with Crippen LogP contribution in [0.2, 0.25) is 0 Å². The Labute approximate surface area is 115 Å². The molecule has 0 bridgehead atoms. The Kier molecular flexibility index (Phi) is 4.77. The molecule has 0 aliphatic rings. The highest BCUT2D eigenvalue weighted by atomic mass is 16.7. The first-order valence-electron chi connectivity index (χ1n) is 5.93. The van der Waals surface area contributed by atoms with Crippen molar-refractivity contribution < 1.29 is 23.6 Å². The average Bonchev–Trinajstić information content (AvgIpc) is 2.97. The normalized spacial score (nSPS) is 9.80. The lowest BCUT2D eigenvalue weighted by Gasteiger charge is -2.06. The molecule has 6 nitrogen and oxygen atoms in total. The molecule has 1 heterocycles. The van der Waals surface area contributed by atoms with Gasteiger partial charge in [-0.1, -0.05) is 30.3 Å². The first-order valence-corrected chi connectivity index (χ1v) is 5.93. The Morgan fingerprint density at radius 3 is 2.60 bits per heavy atom. The van der Waals surface area contributed by atoms with E-state index in [2.05, 4.69) is 4.84 Å². The van der Waals surface area contributed by atoms with Crippen molar-refractivity contribution in [2.75, 3.05) is 0 Å². The van der Waals surface area contributed by atoms with Gasteiger partial charge in [0.2, 0.25) is 0 Å². The fraction of sp³-hybridized carbons (Fsp3) is 0.143. The second kappa shape index (κ2) is 6.98. The molecule has 2 rings (SSSR count). The van der Waals surface area contributed by atoms with E-state index in [1.807, 2.05) is 35.8 Å². The lowest BCUT2D eigenvalue weighted by Crippen LogP contribution is -2.28. The van der Waals surface area contributed by atoms with Crippen molar-refractivity contribution in [2.45, 2.75) is 13.0 Å². The molecule has 0 aliphatic carbocycles.